The number of benzene rings is 6. The van der Waals surface area contributed by atoms with E-state index in [0.717, 1.165) is 44.5 Å². The Hall–Kier alpha value is -8.78. The van der Waals surface area contributed by atoms with Gasteiger partial charge in [0.2, 0.25) is 0 Å². The highest BCUT2D eigenvalue weighted by atomic mass is 16.6. The number of allylic oxidation sites excluding steroid dienone is 2. The van der Waals surface area contributed by atoms with Crippen molar-refractivity contribution in [2.24, 2.45) is 11.8 Å². The summed E-state index contributed by atoms with van der Waals surface area (Å²) in [5, 5.41) is 5.33. The molecule has 0 spiro atoms. The number of methoxy groups -OCH3 is 2. The number of rotatable bonds is 20. The normalized spacial score (nSPS) is 13.3. The molecule has 2 aliphatic carbocycles. The van der Waals surface area contributed by atoms with Crippen LogP contribution in [0.15, 0.2) is 146 Å². The van der Waals surface area contributed by atoms with Gasteiger partial charge in [0, 0.05) is 11.8 Å². The second-order valence-corrected chi connectivity index (χ2v) is 18.8. The summed E-state index contributed by atoms with van der Waals surface area (Å²) < 4.78 is 33.8. The van der Waals surface area contributed by atoms with Crippen LogP contribution in [0.3, 0.4) is 0 Å². The summed E-state index contributed by atoms with van der Waals surface area (Å²) in [6, 6.07) is 39.3. The number of carbonyl (C=O) groups excluding carboxylic acids is 6. The molecule has 0 aromatic heterocycles. The van der Waals surface area contributed by atoms with E-state index in [-0.39, 0.29) is 59.9 Å². The van der Waals surface area contributed by atoms with E-state index in [1.165, 1.54) is 50.7 Å². The van der Waals surface area contributed by atoms with Crippen molar-refractivity contribution in [1.82, 2.24) is 10.6 Å². The SMILES string of the molecule is COc1cc(/C=C/C(=O)CC(=O)/C=C/c2ccc(OC(=O)[C@@H](NC(=O)OCC3c4ccccc4-c4ccccc43)C(C)C)c(OC)c2)ccc1OC(=O)[C@@H](NC(=O)OCC1c2ccccc2-c2ccccc21)C(C)C. The number of carbonyl (C=O) groups is 6. The molecule has 14 heteroatoms. The number of ketones is 2. The molecule has 0 saturated heterocycles. The lowest BCUT2D eigenvalue weighted by molar-refractivity contribution is -0.138. The van der Waals surface area contributed by atoms with Crippen molar-refractivity contribution in [3.05, 3.63) is 179 Å². The molecule has 0 aliphatic heterocycles. The van der Waals surface area contributed by atoms with Gasteiger partial charge in [-0.15, -0.1) is 0 Å². The number of alkyl carbamates (subject to hydrolysis) is 2. The average Bonchev–Trinajstić information content (AvgIpc) is 3.91. The Bertz CT molecular complexity index is 2890. The lowest BCUT2D eigenvalue weighted by atomic mass is 9.98. The van der Waals surface area contributed by atoms with Crippen LogP contribution in [-0.2, 0) is 28.7 Å². The molecule has 0 saturated carbocycles. The van der Waals surface area contributed by atoms with Crippen LogP contribution in [0.2, 0.25) is 0 Å². The molecule has 2 aliphatic rings. The Kier molecular flexibility index (Phi) is 16.7. The Morgan fingerprint density at radius 3 is 1.12 bits per heavy atom. The van der Waals surface area contributed by atoms with Crippen molar-refractivity contribution in [3.63, 3.8) is 0 Å². The van der Waals surface area contributed by atoms with Crippen molar-refractivity contribution in [3.8, 4) is 45.3 Å². The van der Waals surface area contributed by atoms with E-state index in [1.807, 2.05) is 97.1 Å². The van der Waals surface area contributed by atoms with Gasteiger partial charge in [0.25, 0.3) is 0 Å². The maximum Gasteiger partial charge on any atom is 0.407 e. The van der Waals surface area contributed by atoms with Crippen LogP contribution in [0.1, 0.15) is 79.3 Å². The van der Waals surface area contributed by atoms with Gasteiger partial charge in [0.1, 0.15) is 25.3 Å². The maximum absolute atomic E-state index is 13.5. The second-order valence-electron chi connectivity index (χ2n) is 18.8. The first kappa shape index (κ1) is 52.5. The van der Waals surface area contributed by atoms with E-state index in [2.05, 4.69) is 10.6 Å². The van der Waals surface area contributed by atoms with Gasteiger partial charge in [-0.05, 0) is 104 Å². The van der Waals surface area contributed by atoms with Crippen LogP contribution >= 0.6 is 0 Å². The molecule has 0 unspecified atom stereocenters. The molecular formula is C61H58N2O12. The number of esters is 2. The van der Waals surface area contributed by atoms with Gasteiger partial charge in [0.15, 0.2) is 34.6 Å². The monoisotopic (exact) mass is 1010 g/mol. The van der Waals surface area contributed by atoms with Crippen LogP contribution in [0.4, 0.5) is 9.59 Å². The summed E-state index contributed by atoms with van der Waals surface area (Å²) >= 11 is 0. The van der Waals surface area contributed by atoms with Gasteiger partial charge in [-0.1, -0.05) is 149 Å². The summed E-state index contributed by atoms with van der Waals surface area (Å²) in [4.78, 5) is 78.9. The van der Waals surface area contributed by atoms with Gasteiger partial charge in [-0.3, -0.25) is 9.59 Å². The van der Waals surface area contributed by atoms with E-state index in [0.29, 0.717) is 11.1 Å². The molecule has 6 aromatic carbocycles. The zero-order chi connectivity index (χ0) is 53.2. The largest absolute Gasteiger partial charge is 0.493 e. The quantitative estimate of drug-likeness (QED) is 0.0320. The standard InChI is InChI=1S/C61H58N2O12/c1-36(2)56(62-60(68)72-34-50-46-19-11-7-15-42(46)43-16-8-12-20-47(43)50)58(66)74-52-29-25-38(31-54(52)70-5)23-27-40(64)33-41(65)28-24-39-26-30-53(55(32-39)71-6)75-59(67)57(37(3)4)63-61(69)73-35-51-48-21-13-9-17-44(48)45-18-10-14-22-49(45)51/h7-32,36-37,50-51,56-57H,33-35H2,1-6H3,(H,62,68)(H,63,69)/b27-23+,28-24+/t56-,57-/m0/s1. The minimum atomic E-state index is -1.04. The number of amides is 2. The molecule has 384 valence electrons. The molecular weight excluding hydrogens is 953 g/mol. The molecule has 14 nitrogen and oxygen atoms in total. The lowest BCUT2D eigenvalue weighted by Crippen LogP contribution is -2.46. The molecule has 2 amide bonds. The summed E-state index contributed by atoms with van der Waals surface area (Å²) in [7, 11) is 2.80. The predicted octanol–water partition coefficient (Wildman–Crippen LogP) is 10.9. The highest BCUT2D eigenvalue weighted by Gasteiger charge is 2.33. The minimum Gasteiger partial charge on any atom is -0.493 e. The number of hydrogen-bond acceptors (Lipinski definition) is 12. The second kappa shape index (κ2) is 23.8. The molecule has 2 atom stereocenters. The first-order valence-corrected chi connectivity index (χ1v) is 24.7. The van der Waals surface area contributed by atoms with Crippen molar-refractivity contribution < 1.29 is 57.2 Å². The first-order chi connectivity index (χ1) is 36.2. The van der Waals surface area contributed by atoms with Crippen LogP contribution in [0, 0.1) is 11.8 Å². The topological polar surface area (TPSA) is 182 Å². The maximum atomic E-state index is 13.5. The average molecular weight is 1010 g/mol. The zero-order valence-corrected chi connectivity index (χ0v) is 42.5. The van der Waals surface area contributed by atoms with Crippen LogP contribution < -0.4 is 29.6 Å². The lowest BCUT2D eigenvalue weighted by Gasteiger charge is -2.22. The fourth-order valence-electron chi connectivity index (χ4n) is 9.29. The minimum absolute atomic E-state index is 0.0819. The van der Waals surface area contributed by atoms with Crippen molar-refractivity contribution in [2.45, 2.75) is 58.0 Å². The molecule has 75 heavy (non-hydrogen) atoms. The summed E-state index contributed by atoms with van der Waals surface area (Å²) in [6.45, 7) is 7.26. The molecule has 6 aromatic rings. The van der Waals surface area contributed by atoms with Crippen LogP contribution in [0.5, 0.6) is 23.0 Å². The van der Waals surface area contributed by atoms with Gasteiger partial charge < -0.3 is 39.1 Å². The van der Waals surface area contributed by atoms with E-state index in [4.69, 9.17) is 28.4 Å². The van der Waals surface area contributed by atoms with E-state index < -0.39 is 54.2 Å². The molecule has 8 rings (SSSR count). The van der Waals surface area contributed by atoms with Crippen LogP contribution in [0.25, 0.3) is 34.4 Å². The first-order valence-electron chi connectivity index (χ1n) is 24.7. The highest BCUT2D eigenvalue weighted by molar-refractivity contribution is 6.11. The molecule has 0 radical (unpaired) electrons. The third kappa shape index (κ3) is 12.4. The van der Waals surface area contributed by atoms with Crippen molar-refractivity contribution >= 4 is 47.8 Å². The fourth-order valence-corrected chi connectivity index (χ4v) is 9.29. The summed E-state index contributed by atoms with van der Waals surface area (Å²) in [6.07, 6.45) is 3.60. The van der Waals surface area contributed by atoms with Crippen LogP contribution in [-0.4, -0.2) is 75.2 Å². The Morgan fingerprint density at radius 1 is 0.467 bits per heavy atom. The Labute approximate surface area is 435 Å². The van der Waals surface area contributed by atoms with Crippen molar-refractivity contribution in [1.29, 1.82) is 0 Å². The van der Waals surface area contributed by atoms with Gasteiger partial charge >= 0.3 is 24.1 Å². The summed E-state index contributed by atoms with van der Waals surface area (Å²) in [5.41, 5.74) is 9.71. The van der Waals surface area contributed by atoms with E-state index in [9.17, 15) is 28.8 Å². The number of fused-ring (bicyclic) bond motifs is 6. The zero-order valence-electron chi connectivity index (χ0n) is 42.5. The summed E-state index contributed by atoms with van der Waals surface area (Å²) in [5.74, 6) is -2.81. The van der Waals surface area contributed by atoms with Gasteiger partial charge in [-0.25, -0.2) is 19.2 Å². The van der Waals surface area contributed by atoms with Gasteiger partial charge in [-0.2, -0.15) is 0 Å². The molecule has 0 fully saturated rings. The third-order valence-corrected chi connectivity index (χ3v) is 13.1. The van der Waals surface area contributed by atoms with Gasteiger partial charge in [0.05, 0.1) is 20.6 Å². The molecule has 2 N–H and O–H groups in total. The Morgan fingerprint density at radius 2 is 0.800 bits per heavy atom. The number of ether oxygens (including phenoxy) is 6. The number of nitrogens with one attached hydrogen (secondary N) is 2. The molecule has 0 heterocycles. The molecule has 0 bridgehead atoms. The van der Waals surface area contributed by atoms with Crippen molar-refractivity contribution in [2.75, 3.05) is 27.4 Å². The smallest absolute Gasteiger partial charge is 0.407 e. The fraction of sp³-hybridized carbons (Fsp3) is 0.246. The highest BCUT2D eigenvalue weighted by Crippen LogP contribution is 2.46. The predicted molar refractivity (Wildman–Crippen MR) is 284 cm³/mol. The van der Waals surface area contributed by atoms with E-state index in [1.54, 1.807) is 52.0 Å². The third-order valence-electron chi connectivity index (χ3n) is 13.1. The number of hydrogen-bond donors (Lipinski definition) is 2. The van der Waals surface area contributed by atoms with E-state index >= 15 is 0 Å². The Balaban J connectivity index is 0.803.